The van der Waals surface area contributed by atoms with Gasteiger partial charge in [-0.25, -0.2) is 5.43 Å². The van der Waals surface area contributed by atoms with Crippen molar-refractivity contribution in [3.8, 4) is 11.3 Å². The summed E-state index contributed by atoms with van der Waals surface area (Å²) in [4.78, 5) is 2.54. The summed E-state index contributed by atoms with van der Waals surface area (Å²) in [6.07, 6.45) is 0.929. The number of hydrazine groups is 1. The molecule has 1 aromatic heterocycles. The second-order valence-corrected chi connectivity index (χ2v) is 7.46. The van der Waals surface area contributed by atoms with Crippen LogP contribution in [0.25, 0.3) is 11.3 Å². The molecule has 2 aliphatic heterocycles. The van der Waals surface area contributed by atoms with E-state index in [0.29, 0.717) is 12.0 Å². The Labute approximate surface area is 159 Å². The molecular weight excluding hydrogens is 336 g/mol. The average molecular weight is 360 g/mol. The standard InChI is InChI=1S/C22H24N4O/c1-3-7-16(8-4-1)21-18(13-23-24-21)14-26-12-11-20-19(15-26)22(25-27-20)17-9-5-2-6-10-17/h1-10,18,21,23-24H,11-15H2. The monoisotopic (exact) mass is 360 g/mol. The Hall–Kier alpha value is -2.47. The van der Waals surface area contributed by atoms with E-state index in [-0.39, 0.29) is 0 Å². The quantitative estimate of drug-likeness (QED) is 0.749. The van der Waals surface area contributed by atoms with Crippen molar-refractivity contribution in [3.05, 3.63) is 77.6 Å². The second-order valence-electron chi connectivity index (χ2n) is 7.46. The first-order valence-electron chi connectivity index (χ1n) is 9.67. The van der Waals surface area contributed by atoms with Crippen molar-refractivity contribution in [1.29, 1.82) is 0 Å². The predicted molar refractivity (Wildman–Crippen MR) is 105 cm³/mol. The molecule has 2 N–H and O–H groups in total. The number of hydrogen-bond donors (Lipinski definition) is 2. The van der Waals surface area contributed by atoms with Gasteiger partial charge >= 0.3 is 0 Å². The maximum Gasteiger partial charge on any atom is 0.143 e. The largest absolute Gasteiger partial charge is 0.360 e. The molecular formula is C22H24N4O. The molecule has 5 heteroatoms. The van der Waals surface area contributed by atoms with Crippen molar-refractivity contribution < 1.29 is 4.52 Å². The van der Waals surface area contributed by atoms with Gasteiger partial charge in [0.15, 0.2) is 0 Å². The van der Waals surface area contributed by atoms with Crippen molar-refractivity contribution in [2.75, 3.05) is 19.6 Å². The molecule has 2 aromatic carbocycles. The van der Waals surface area contributed by atoms with Crippen molar-refractivity contribution in [1.82, 2.24) is 20.9 Å². The molecule has 2 atom stereocenters. The van der Waals surface area contributed by atoms with Gasteiger partial charge in [0.05, 0.1) is 6.04 Å². The first-order valence-corrected chi connectivity index (χ1v) is 9.67. The Morgan fingerprint density at radius 1 is 1.04 bits per heavy atom. The van der Waals surface area contributed by atoms with Crippen molar-refractivity contribution in [2.24, 2.45) is 5.92 Å². The van der Waals surface area contributed by atoms with Gasteiger partial charge in [0.2, 0.25) is 0 Å². The van der Waals surface area contributed by atoms with Crippen LogP contribution >= 0.6 is 0 Å². The molecule has 1 fully saturated rings. The van der Waals surface area contributed by atoms with E-state index in [0.717, 1.165) is 49.6 Å². The van der Waals surface area contributed by atoms with Crippen LogP contribution < -0.4 is 10.9 Å². The summed E-state index contributed by atoms with van der Waals surface area (Å²) in [5.74, 6) is 1.58. The molecule has 3 aromatic rings. The summed E-state index contributed by atoms with van der Waals surface area (Å²) in [6, 6.07) is 21.4. The van der Waals surface area contributed by atoms with Gasteiger partial charge in [0.1, 0.15) is 11.5 Å². The molecule has 2 aliphatic rings. The zero-order valence-corrected chi connectivity index (χ0v) is 15.3. The first-order chi connectivity index (χ1) is 13.4. The number of benzene rings is 2. The number of nitrogens with zero attached hydrogens (tertiary/aromatic N) is 2. The molecule has 5 nitrogen and oxygen atoms in total. The number of rotatable bonds is 4. The van der Waals surface area contributed by atoms with Crippen LogP contribution in [0.2, 0.25) is 0 Å². The van der Waals surface area contributed by atoms with Crippen LogP contribution in [-0.2, 0) is 13.0 Å². The van der Waals surface area contributed by atoms with E-state index in [2.05, 4.69) is 75.5 Å². The van der Waals surface area contributed by atoms with Gasteiger partial charge in [-0.2, -0.15) is 0 Å². The molecule has 0 radical (unpaired) electrons. The van der Waals surface area contributed by atoms with Gasteiger partial charge in [-0.05, 0) is 5.56 Å². The highest BCUT2D eigenvalue weighted by Gasteiger charge is 2.32. The Morgan fingerprint density at radius 2 is 1.81 bits per heavy atom. The van der Waals surface area contributed by atoms with Crippen molar-refractivity contribution in [2.45, 2.75) is 19.0 Å². The van der Waals surface area contributed by atoms with Crippen LogP contribution in [0.15, 0.2) is 65.2 Å². The summed E-state index contributed by atoms with van der Waals surface area (Å²) in [5.41, 5.74) is 11.5. The minimum Gasteiger partial charge on any atom is -0.360 e. The molecule has 3 heterocycles. The third-order valence-electron chi connectivity index (χ3n) is 5.70. The Bertz CT molecular complexity index is 893. The first kappa shape index (κ1) is 16.7. The molecule has 0 aliphatic carbocycles. The van der Waals surface area contributed by atoms with Crippen LogP contribution in [0.4, 0.5) is 0 Å². The maximum atomic E-state index is 5.65. The van der Waals surface area contributed by atoms with E-state index < -0.39 is 0 Å². The third kappa shape index (κ3) is 3.30. The van der Waals surface area contributed by atoms with Gasteiger partial charge in [0.25, 0.3) is 0 Å². The molecule has 1 saturated heterocycles. The van der Waals surface area contributed by atoms with Crippen molar-refractivity contribution >= 4 is 0 Å². The lowest BCUT2D eigenvalue weighted by atomic mass is 9.93. The molecule has 0 amide bonds. The molecule has 2 unspecified atom stereocenters. The normalized spacial score (nSPS) is 22.7. The topological polar surface area (TPSA) is 53.3 Å². The van der Waals surface area contributed by atoms with E-state index in [4.69, 9.17) is 4.52 Å². The van der Waals surface area contributed by atoms with Crippen molar-refractivity contribution in [3.63, 3.8) is 0 Å². The minimum atomic E-state index is 0.351. The summed E-state index contributed by atoms with van der Waals surface area (Å²) in [7, 11) is 0. The van der Waals surface area contributed by atoms with E-state index in [1.165, 1.54) is 11.1 Å². The molecule has 0 saturated carbocycles. The molecule has 0 spiro atoms. The fraction of sp³-hybridized carbons (Fsp3) is 0.318. The smallest absolute Gasteiger partial charge is 0.143 e. The fourth-order valence-electron chi connectivity index (χ4n) is 4.30. The summed E-state index contributed by atoms with van der Waals surface area (Å²) in [5, 5.41) is 4.37. The fourth-order valence-corrected chi connectivity index (χ4v) is 4.30. The molecule has 27 heavy (non-hydrogen) atoms. The average Bonchev–Trinajstić information content (AvgIpc) is 3.36. The lowest BCUT2D eigenvalue weighted by Crippen LogP contribution is -2.36. The Morgan fingerprint density at radius 3 is 2.63 bits per heavy atom. The molecule has 0 bridgehead atoms. The SMILES string of the molecule is c1ccc(-c2noc3c2CN(CC2CNNC2c2ccccc2)CC3)cc1. The number of fused-ring (bicyclic) bond motifs is 1. The second kappa shape index (κ2) is 7.27. The lowest BCUT2D eigenvalue weighted by molar-refractivity contribution is 0.199. The molecule has 138 valence electrons. The van der Waals surface area contributed by atoms with Gasteiger partial charge in [0, 0.05) is 49.6 Å². The minimum absolute atomic E-state index is 0.351. The van der Waals surface area contributed by atoms with Crippen LogP contribution in [0, 0.1) is 5.92 Å². The van der Waals surface area contributed by atoms with Gasteiger partial charge in [-0.1, -0.05) is 65.8 Å². The zero-order chi connectivity index (χ0) is 18.1. The number of hydrogen-bond acceptors (Lipinski definition) is 5. The van der Waals surface area contributed by atoms with E-state index in [1.54, 1.807) is 0 Å². The van der Waals surface area contributed by atoms with E-state index in [9.17, 15) is 0 Å². The predicted octanol–water partition coefficient (Wildman–Crippen LogP) is 3.17. The Balaban J connectivity index is 1.33. The van der Waals surface area contributed by atoms with Crippen LogP contribution in [-0.4, -0.2) is 29.7 Å². The zero-order valence-electron chi connectivity index (χ0n) is 15.3. The van der Waals surface area contributed by atoms with Crippen LogP contribution in [0.5, 0.6) is 0 Å². The highest BCUT2D eigenvalue weighted by atomic mass is 16.5. The lowest BCUT2D eigenvalue weighted by Gasteiger charge is -2.30. The van der Waals surface area contributed by atoms with E-state index >= 15 is 0 Å². The van der Waals surface area contributed by atoms with Crippen LogP contribution in [0.3, 0.4) is 0 Å². The van der Waals surface area contributed by atoms with Gasteiger partial charge < -0.3 is 4.52 Å². The highest BCUT2D eigenvalue weighted by molar-refractivity contribution is 5.63. The summed E-state index contributed by atoms with van der Waals surface area (Å²) < 4.78 is 5.65. The van der Waals surface area contributed by atoms with Crippen LogP contribution in [0.1, 0.15) is 22.9 Å². The number of aromatic nitrogens is 1. The maximum absolute atomic E-state index is 5.65. The summed E-state index contributed by atoms with van der Waals surface area (Å²) >= 11 is 0. The third-order valence-corrected chi connectivity index (χ3v) is 5.70. The number of nitrogens with one attached hydrogen (secondary N) is 2. The van der Waals surface area contributed by atoms with E-state index in [1.807, 2.05) is 6.07 Å². The molecule has 5 rings (SSSR count). The Kier molecular flexibility index (Phi) is 4.49. The van der Waals surface area contributed by atoms with Gasteiger partial charge in [-0.3, -0.25) is 10.3 Å². The highest BCUT2D eigenvalue weighted by Crippen LogP contribution is 2.32. The summed E-state index contributed by atoms with van der Waals surface area (Å²) in [6.45, 7) is 3.96. The van der Waals surface area contributed by atoms with Gasteiger partial charge in [-0.15, -0.1) is 0 Å².